The third kappa shape index (κ3) is 4.69. The molecule has 4 aromatic rings. The summed E-state index contributed by atoms with van der Waals surface area (Å²) in [6.07, 6.45) is 3.35. The van der Waals surface area contributed by atoms with E-state index in [2.05, 4.69) is 37.4 Å². The van der Waals surface area contributed by atoms with Crippen LogP contribution in [0.25, 0.3) is 27.7 Å². The molecule has 0 radical (unpaired) electrons. The van der Waals surface area contributed by atoms with E-state index in [4.69, 9.17) is 13.9 Å². The van der Waals surface area contributed by atoms with Crippen LogP contribution in [-0.4, -0.2) is 19.6 Å². The van der Waals surface area contributed by atoms with Gasteiger partial charge in [0.15, 0.2) is 0 Å². The van der Waals surface area contributed by atoms with Gasteiger partial charge in [-0.2, -0.15) is 0 Å². The number of amides is 1. The van der Waals surface area contributed by atoms with Gasteiger partial charge in [-0.25, -0.2) is 0 Å². The van der Waals surface area contributed by atoms with E-state index in [1.807, 2.05) is 50.2 Å². The number of furan rings is 1. The zero-order valence-electron chi connectivity index (χ0n) is 20.2. The predicted octanol–water partition coefficient (Wildman–Crippen LogP) is 7.17. The Bertz CT molecular complexity index is 1380. The maximum atomic E-state index is 12.8. The molecule has 174 valence electrons. The van der Waals surface area contributed by atoms with Gasteiger partial charge >= 0.3 is 0 Å². The minimum atomic E-state index is -0.242. The fourth-order valence-electron chi connectivity index (χ4n) is 4.15. The van der Waals surface area contributed by atoms with Crippen molar-refractivity contribution in [3.8, 4) is 22.6 Å². The monoisotopic (exact) mass is 455 g/mol. The van der Waals surface area contributed by atoms with Crippen LogP contribution in [0.15, 0.2) is 71.4 Å². The largest absolute Gasteiger partial charge is 0.496 e. The van der Waals surface area contributed by atoms with Crippen molar-refractivity contribution < 1.29 is 18.7 Å². The first kappa shape index (κ1) is 23.2. The molecule has 0 unspecified atom stereocenters. The summed E-state index contributed by atoms with van der Waals surface area (Å²) in [7, 11) is 1.62. The molecule has 34 heavy (non-hydrogen) atoms. The first-order valence-electron chi connectivity index (χ1n) is 11.3. The van der Waals surface area contributed by atoms with Gasteiger partial charge in [-0.05, 0) is 62.6 Å². The molecule has 0 aliphatic rings. The summed E-state index contributed by atoms with van der Waals surface area (Å²) in [4.78, 5) is 12.8. The Morgan fingerprint density at radius 2 is 1.82 bits per heavy atom. The summed E-state index contributed by atoms with van der Waals surface area (Å²) >= 11 is 0. The highest BCUT2D eigenvalue weighted by Gasteiger charge is 2.16. The fourth-order valence-corrected chi connectivity index (χ4v) is 4.15. The van der Waals surface area contributed by atoms with Crippen LogP contribution in [0, 0.1) is 13.8 Å². The summed E-state index contributed by atoms with van der Waals surface area (Å²) in [5, 5.41) is 3.89. The van der Waals surface area contributed by atoms with Gasteiger partial charge in [-0.3, -0.25) is 4.79 Å². The molecule has 3 aromatic carbocycles. The Kier molecular flexibility index (Phi) is 6.73. The normalized spacial score (nSPS) is 11.5. The van der Waals surface area contributed by atoms with Crippen molar-refractivity contribution in [1.82, 2.24) is 0 Å². The Morgan fingerprint density at radius 1 is 1.03 bits per heavy atom. The molecule has 0 saturated heterocycles. The van der Waals surface area contributed by atoms with Crippen LogP contribution < -0.4 is 14.8 Å². The van der Waals surface area contributed by atoms with E-state index in [1.54, 1.807) is 19.4 Å². The van der Waals surface area contributed by atoms with E-state index >= 15 is 0 Å². The Labute approximate surface area is 200 Å². The highest BCUT2D eigenvalue weighted by Crippen LogP contribution is 2.38. The van der Waals surface area contributed by atoms with E-state index in [9.17, 15) is 4.79 Å². The van der Waals surface area contributed by atoms with Crippen LogP contribution in [0.1, 0.15) is 30.5 Å². The van der Waals surface area contributed by atoms with E-state index in [0.29, 0.717) is 23.8 Å². The van der Waals surface area contributed by atoms with Gasteiger partial charge in [0, 0.05) is 28.7 Å². The molecule has 0 bridgehead atoms. The molecule has 0 aliphatic carbocycles. The number of rotatable bonds is 7. The Morgan fingerprint density at radius 3 is 2.56 bits per heavy atom. The van der Waals surface area contributed by atoms with Gasteiger partial charge < -0.3 is 19.2 Å². The zero-order valence-corrected chi connectivity index (χ0v) is 20.2. The van der Waals surface area contributed by atoms with Crippen LogP contribution in [-0.2, 0) is 4.79 Å². The molecule has 1 heterocycles. The van der Waals surface area contributed by atoms with Crippen LogP contribution in [0.2, 0.25) is 0 Å². The molecule has 0 saturated carbocycles. The van der Waals surface area contributed by atoms with Crippen LogP contribution in [0.4, 0.5) is 5.69 Å². The van der Waals surface area contributed by atoms with Gasteiger partial charge in [-0.15, -0.1) is 0 Å². The number of anilines is 1. The van der Waals surface area contributed by atoms with Crippen molar-refractivity contribution in [2.24, 2.45) is 0 Å². The maximum absolute atomic E-state index is 12.8. The van der Waals surface area contributed by atoms with Crippen molar-refractivity contribution >= 4 is 28.1 Å². The molecule has 5 nitrogen and oxygen atoms in total. The lowest BCUT2D eigenvalue weighted by Gasteiger charge is -2.12. The standard InChI is InChI=1S/C29H29NO4/c1-6-33-26-10-8-7-9-25(26)30-29(31)14-20(4)22-15-23-24(17-34-28(23)16-27(22)32-5)21-12-11-18(2)13-19(21)3/h7-17H,6H2,1-5H3,(H,30,31)/b20-14+. The number of methoxy groups -OCH3 is 1. The second-order valence-electron chi connectivity index (χ2n) is 8.26. The van der Waals surface area contributed by atoms with Crippen LogP contribution >= 0.6 is 0 Å². The highest BCUT2D eigenvalue weighted by atomic mass is 16.5. The lowest BCUT2D eigenvalue weighted by atomic mass is 9.96. The van der Waals surface area contributed by atoms with Crippen LogP contribution in [0.5, 0.6) is 11.5 Å². The number of nitrogens with one attached hydrogen (secondary N) is 1. The third-order valence-corrected chi connectivity index (χ3v) is 5.78. The summed E-state index contributed by atoms with van der Waals surface area (Å²) in [5.74, 6) is 1.04. The van der Waals surface area contributed by atoms with Crippen LogP contribution in [0.3, 0.4) is 0 Å². The number of hydrogen-bond acceptors (Lipinski definition) is 4. The fraction of sp³-hybridized carbons (Fsp3) is 0.207. The van der Waals surface area contributed by atoms with E-state index < -0.39 is 0 Å². The lowest BCUT2D eigenvalue weighted by molar-refractivity contribution is -0.111. The number of benzene rings is 3. The van der Waals surface area contributed by atoms with Crippen molar-refractivity contribution in [3.05, 3.63) is 83.6 Å². The molecule has 5 heteroatoms. The van der Waals surface area contributed by atoms with Crippen molar-refractivity contribution in [1.29, 1.82) is 0 Å². The summed E-state index contributed by atoms with van der Waals surface area (Å²) < 4.78 is 17.1. The molecule has 0 spiro atoms. The number of fused-ring (bicyclic) bond motifs is 1. The molecule has 1 amide bonds. The molecule has 0 aliphatic heterocycles. The Hall–Kier alpha value is -3.99. The van der Waals surface area contributed by atoms with Crippen molar-refractivity contribution in [2.75, 3.05) is 19.0 Å². The lowest BCUT2D eigenvalue weighted by Crippen LogP contribution is -2.10. The first-order chi connectivity index (χ1) is 16.4. The second kappa shape index (κ2) is 9.87. The average molecular weight is 456 g/mol. The number of carbonyl (C=O) groups is 1. The quantitative estimate of drug-likeness (QED) is 0.300. The highest BCUT2D eigenvalue weighted by molar-refractivity contribution is 6.06. The number of allylic oxidation sites excluding steroid dienone is 1. The van der Waals surface area contributed by atoms with E-state index in [1.165, 1.54) is 11.1 Å². The molecule has 0 fully saturated rings. The average Bonchev–Trinajstić information content (AvgIpc) is 3.22. The first-order valence-corrected chi connectivity index (χ1v) is 11.3. The molecule has 4 rings (SSSR count). The third-order valence-electron chi connectivity index (χ3n) is 5.78. The SMILES string of the molecule is CCOc1ccccc1NC(=O)/C=C(\C)c1cc2c(-c3ccc(C)cc3C)coc2cc1OC. The number of ether oxygens (including phenoxy) is 2. The predicted molar refractivity (Wildman–Crippen MR) is 138 cm³/mol. The maximum Gasteiger partial charge on any atom is 0.248 e. The molecular formula is C29H29NO4. The minimum absolute atomic E-state index is 0.242. The van der Waals surface area contributed by atoms with Crippen molar-refractivity contribution in [2.45, 2.75) is 27.7 Å². The van der Waals surface area contributed by atoms with Gasteiger partial charge in [0.05, 0.1) is 25.7 Å². The molecule has 1 N–H and O–H groups in total. The molecular weight excluding hydrogens is 426 g/mol. The van der Waals surface area contributed by atoms with Crippen molar-refractivity contribution in [3.63, 3.8) is 0 Å². The van der Waals surface area contributed by atoms with Gasteiger partial charge in [0.25, 0.3) is 0 Å². The second-order valence-corrected chi connectivity index (χ2v) is 8.26. The molecule has 1 aromatic heterocycles. The van der Waals surface area contributed by atoms with Gasteiger partial charge in [0.2, 0.25) is 5.91 Å². The summed E-state index contributed by atoms with van der Waals surface area (Å²) in [6, 6.07) is 17.7. The zero-order chi connectivity index (χ0) is 24.2. The van der Waals surface area contributed by atoms with Gasteiger partial charge in [0.1, 0.15) is 17.1 Å². The smallest absolute Gasteiger partial charge is 0.248 e. The van der Waals surface area contributed by atoms with Gasteiger partial charge in [-0.1, -0.05) is 35.9 Å². The molecule has 0 atom stereocenters. The van der Waals surface area contributed by atoms with E-state index in [0.717, 1.165) is 33.2 Å². The number of hydrogen-bond donors (Lipinski definition) is 1. The number of para-hydroxylation sites is 2. The minimum Gasteiger partial charge on any atom is -0.496 e. The topological polar surface area (TPSA) is 60.7 Å². The van der Waals surface area contributed by atoms with E-state index in [-0.39, 0.29) is 5.91 Å². The summed E-state index contributed by atoms with van der Waals surface area (Å²) in [6.45, 7) is 8.51. The number of carbonyl (C=O) groups excluding carboxylic acids is 1. The summed E-state index contributed by atoms with van der Waals surface area (Å²) in [5.41, 5.74) is 7.50. The Balaban J connectivity index is 1.71. The number of aryl methyl sites for hydroxylation is 2.